The van der Waals surface area contributed by atoms with Crippen LogP contribution in [0, 0.1) is 29.6 Å². The lowest BCUT2D eigenvalue weighted by atomic mass is 9.83. The van der Waals surface area contributed by atoms with Crippen LogP contribution in [0.3, 0.4) is 0 Å². The van der Waals surface area contributed by atoms with Gasteiger partial charge in [0.25, 0.3) is 0 Å². The van der Waals surface area contributed by atoms with Gasteiger partial charge >= 0.3 is 0 Å². The highest BCUT2D eigenvalue weighted by Gasteiger charge is 2.41. The maximum atomic E-state index is 9.24. The first-order chi connectivity index (χ1) is 8.72. The molecular formula is C12H10N4O2. The third kappa shape index (κ3) is 1.34. The fourth-order valence-electron chi connectivity index (χ4n) is 2.25. The Labute approximate surface area is 103 Å². The van der Waals surface area contributed by atoms with E-state index in [9.17, 15) is 5.26 Å². The second-order valence-corrected chi connectivity index (χ2v) is 4.13. The number of hydrogen-bond donors (Lipinski definition) is 2. The minimum Gasteiger partial charge on any atom is -0.469 e. The summed E-state index contributed by atoms with van der Waals surface area (Å²) in [6.07, 6.45) is 1.55. The van der Waals surface area contributed by atoms with E-state index in [-0.39, 0.29) is 11.8 Å². The third-order valence-electron chi connectivity index (χ3n) is 3.08. The number of ether oxygens (including phenoxy) is 1. The summed E-state index contributed by atoms with van der Waals surface area (Å²) >= 11 is 0. The van der Waals surface area contributed by atoms with Crippen molar-refractivity contribution in [1.29, 1.82) is 10.7 Å². The molecule has 3 rings (SSSR count). The Hall–Kier alpha value is -2.55. The van der Waals surface area contributed by atoms with Crippen LogP contribution in [0.4, 0.5) is 0 Å². The van der Waals surface area contributed by atoms with Gasteiger partial charge in [-0.3, -0.25) is 10.5 Å². The molecule has 2 atom stereocenters. The highest BCUT2D eigenvalue weighted by atomic mass is 16.5. The molecule has 1 aliphatic rings. The van der Waals surface area contributed by atoms with Crippen molar-refractivity contribution >= 4 is 5.90 Å². The first-order valence-electron chi connectivity index (χ1n) is 5.46. The van der Waals surface area contributed by atoms with Crippen molar-refractivity contribution in [2.75, 3.05) is 0 Å². The molecule has 2 unspecified atom stereocenters. The molecule has 90 valence electrons. The topological polar surface area (TPSA) is 98.7 Å². The quantitative estimate of drug-likeness (QED) is 0.798. The molecule has 0 aliphatic carbocycles. The van der Waals surface area contributed by atoms with Crippen molar-refractivity contribution in [3.05, 3.63) is 35.4 Å². The van der Waals surface area contributed by atoms with E-state index >= 15 is 0 Å². The normalized spacial score (nSPS) is 22.1. The maximum absolute atomic E-state index is 9.24. The Bertz CT molecular complexity index is 636. The minimum absolute atomic E-state index is 0.0992. The molecule has 0 aromatic carbocycles. The average Bonchev–Trinajstić information content (AvgIpc) is 2.98. The van der Waals surface area contributed by atoms with Crippen molar-refractivity contribution in [1.82, 2.24) is 10.2 Å². The Balaban J connectivity index is 2.21. The summed E-state index contributed by atoms with van der Waals surface area (Å²) in [6, 6.07) is 5.66. The smallest absolute Gasteiger partial charge is 0.243 e. The van der Waals surface area contributed by atoms with E-state index in [2.05, 4.69) is 16.3 Å². The number of nitriles is 1. The lowest BCUT2D eigenvalue weighted by molar-refractivity contribution is 0.399. The zero-order valence-corrected chi connectivity index (χ0v) is 9.60. The number of nitrogens with one attached hydrogen (secondary N) is 2. The highest BCUT2D eigenvalue weighted by Crippen LogP contribution is 2.42. The Morgan fingerprint density at radius 1 is 1.56 bits per heavy atom. The van der Waals surface area contributed by atoms with Gasteiger partial charge in [0.05, 0.1) is 18.3 Å². The molecule has 18 heavy (non-hydrogen) atoms. The molecule has 2 N–H and O–H groups in total. The SMILES string of the molecule is Cc1[nH]nc2c1C(c1ccco1)C(C#N)C(=N)O2. The van der Waals surface area contributed by atoms with Gasteiger partial charge < -0.3 is 9.15 Å². The minimum atomic E-state index is -0.694. The number of hydrogen-bond acceptors (Lipinski definition) is 5. The van der Waals surface area contributed by atoms with Crippen molar-refractivity contribution in [2.24, 2.45) is 5.92 Å². The summed E-state index contributed by atoms with van der Waals surface area (Å²) in [4.78, 5) is 0. The number of fused-ring (bicyclic) bond motifs is 1. The molecule has 0 amide bonds. The number of aryl methyl sites for hydroxylation is 1. The van der Waals surface area contributed by atoms with Gasteiger partial charge in [-0.2, -0.15) is 5.26 Å². The van der Waals surface area contributed by atoms with Crippen molar-refractivity contribution in [3.8, 4) is 11.9 Å². The maximum Gasteiger partial charge on any atom is 0.243 e. The molecule has 0 fully saturated rings. The molecule has 3 heterocycles. The van der Waals surface area contributed by atoms with Gasteiger partial charge in [-0.05, 0) is 19.1 Å². The standard InChI is InChI=1S/C12H10N4O2/c1-6-9-10(8-3-2-4-17-8)7(5-13)11(14)18-12(9)16-15-6/h2-4,7,10,14H,1H3,(H,15,16). The van der Waals surface area contributed by atoms with Crippen molar-refractivity contribution in [2.45, 2.75) is 12.8 Å². The Morgan fingerprint density at radius 3 is 3.06 bits per heavy atom. The van der Waals surface area contributed by atoms with E-state index in [1.807, 2.05) is 6.92 Å². The lowest BCUT2D eigenvalue weighted by Crippen LogP contribution is -2.30. The Morgan fingerprint density at radius 2 is 2.39 bits per heavy atom. The first-order valence-corrected chi connectivity index (χ1v) is 5.46. The summed E-state index contributed by atoms with van der Waals surface area (Å²) in [7, 11) is 0. The summed E-state index contributed by atoms with van der Waals surface area (Å²) in [5.74, 6) is -0.149. The van der Waals surface area contributed by atoms with E-state index in [1.54, 1.807) is 18.4 Å². The summed E-state index contributed by atoms with van der Waals surface area (Å²) in [5.41, 5.74) is 1.60. The van der Waals surface area contributed by atoms with Crippen LogP contribution in [0.5, 0.6) is 5.88 Å². The molecule has 0 saturated carbocycles. The number of rotatable bonds is 1. The number of aromatic amines is 1. The molecule has 6 nitrogen and oxygen atoms in total. The number of furan rings is 1. The van der Waals surface area contributed by atoms with Gasteiger partial charge in [-0.25, -0.2) is 0 Å². The first kappa shape index (κ1) is 10.6. The number of H-pyrrole nitrogens is 1. The highest BCUT2D eigenvalue weighted by molar-refractivity contribution is 5.84. The van der Waals surface area contributed by atoms with E-state index < -0.39 is 5.92 Å². The van der Waals surface area contributed by atoms with Crippen LogP contribution in [-0.2, 0) is 0 Å². The van der Waals surface area contributed by atoms with Crippen molar-refractivity contribution < 1.29 is 9.15 Å². The van der Waals surface area contributed by atoms with Gasteiger partial charge in [-0.15, -0.1) is 5.10 Å². The van der Waals surface area contributed by atoms with E-state index in [4.69, 9.17) is 14.6 Å². The predicted molar refractivity (Wildman–Crippen MR) is 61.3 cm³/mol. The lowest BCUT2D eigenvalue weighted by Gasteiger charge is -2.25. The molecule has 2 aromatic rings. The van der Waals surface area contributed by atoms with Crippen LogP contribution in [0.2, 0.25) is 0 Å². The summed E-state index contributed by atoms with van der Waals surface area (Å²) in [5, 5.41) is 23.8. The van der Waals surface area contributed by atoms with Gasteiger partial charge in [0.2, 0.25) is 11.8 Å². The Kier molecular flexibility index (Phi) is 2.20. The molecule has 0 radical (unpaired) electrons. The molecule has 1 aliphatic heterocycles. The van der Waals surface area contributed by atoms with Crippen LogP contribution in [-0.4, -0.2) is 16.1 Å². The molecule has 0 bridgehead atoms. The van der Waals surface area contributed by atoms with E-state index in [0.29, 0.717) is 11.6 Å². The van der Waals surface area contributed by atoms with Crippen LogP contribution < -0.4 is 4.74 Å². The van der Waals surface area contributed by atoms with E-state index in [0.717, 1.165) is 11.3 Å². The molecular weight excluding hydrogens is 232 g/mol. The fraction of sp³-hybridized carbons (Fsp3) is 0.250. The van der Waals surface area contributed by atoms with Gasteiger partial charge in [0.15, 0.2) is 0 Å². The monoisotopic (exact) mass is 242 g/mol. The second kappa shape index (κ2) is 3.74. The molecule has 6 heteroatoms. The third-order valence-corrected chi connectivity index (χ3v) is 3.08. The summed E-state index contributed by atoms with van der Waals surface area (Å²) in [6.45, 7) is 1.86. The number of nitrogens with zero attached hydrogens (tertiary/aromatic N) is 2. The average molecular weight is 242 g/mol. The van der Waals surface area contributed by atoms with Gasteiger partial charge in [0.1, 0.15) is 11.7 Å². The van der Waals surface area contributed by atoms with E-state index in [1.165, 1.54) is 0 Å². The van der Waals surface area contributed by atoms with Crippen LogP contribution >= 0.6 is 0 Å². The second-order valence-electron chi connectivity index (χ2n) is 4.13. The van der Waals surface area contributed by atoms with Crippen LogP contribution in [0.1, 0.15) is 22.9 Å². The van der Waals surface area contributed by atoms with Crippen molar-refractivity contribution in [3.63, 3.8) is 0 Å². The largest absolute Gasteiger partial charge is 0.469 e. The van der Waals surface area contributed by atoms with Crippen LogP contribution in [0.25, 0.3) is 0 Å². The van der Waals surface area contributed by atoms with Crippen LogP contribution in [0.15, 0.2) is 22.8 Å². The zero-order chi connectivity index (χ0) is 12.7. The molecule has 0 spiro atoms. The summed E-state index contributed by atoms with van der Waals surface area (Å²) < 4.78 is 10.7. The van der Waals surface area contributed by atoms with Gasteiger partial charge in [0, 0.05) is 11.3 Å². The fourth-order valence-corrected chi connectivity index (χ4v) is 2.25. The van der Waals surface area contributed by atoms with Gasteiger partial charge in [-0.1, -0.05) is 0 Å². The zero-order valence-electron chi connectivity index (χ0n) is 9.60. The molecule has 0 saturated heterocycles. The number of aromatic nitrogens is 2. The molecule has 2 aromatic heterocycles. The predicted octanol–water partition coefficient (Wildman–Crippen LogP) is 1.95.